The highest BCUT2D eigenvalue weighted by atomic mass is 16.5. The van der Waals surface area contributed by atoms with Crippen molar-refractivity contribution in [2.75, 3.05) is 62.9 Å². The summed E-state index contributed by atoms with van der Waals surface area (Å²) >= 11 is 0. The van der Waals surface area contributed by atoms with Gasteiger partial charge in [-0.2, -0.15) is 0 Å². The van der Waals surface area contributed by atoms with Gasteiger partial charge in [0.25, 0.3) is 0 Å². The second kappa shape index (κ2) is 10.0. The van der Waals surface area contributed by atoms with Crippen LogP contribution in [0, 0.1) is 0 Å². The lowest BCUT2D eigenvalue weighted by Crippen LogP contribution is -2.42. The molecule has 25 heavy (non-hydrogen) atoms. The zero-order chi connectivity index (χ0) is 18.1. The van der Waals surface area contributed by atoms with E-state index in [1.165, 1.54) is 11.8 Å². The van der Waals surface area contributed by atoms with Gasteiger partial charge in [-0.05, 0) is 18.6 Å². The summed E-state index contributed by atoms with van der Waals surface area (Å²) in [5.74, 6) is -0.337. The molecule has 1 heterocycles. The summed E-state index contributed by atoms with van der Waals surface area (Å²) in [5, 5.41) is 2.83. The quantitative estimate of drug-likeness (QED) is 0.710. The van der Waals surface area contributed by atoms with E-state index in [-0.39, 0.29) is 18.4 Å². The Balaban J connectivity index is 2.09. The normalized spacial score (nSPS) is 14.2. The Bertz CT molecular complexity index is 573. The van der Waals surface area contributed by atoms with Crippen LogP contribution in [0.5, 0.6) is 0 Å². The smallest absolute Gasteiger partial charge is 0.240 e. The molecule has 0 radical (unpaired) electrons. The number of ether oxygens (including phenoxy) is 2. The maximum Gasteiger partial charge on any atom is 0.240 e. The molecule has 0 bridgehead atoms. The van der Waals surface area contributed by atoms with E-state index in [1.54, 1.807) is 7.11 Å². The van der Waals surface area contributed by atoms with Crippen molar-refractivity contribution in [3.8, 4) is 0 Å². The second-order valence-electron chi connectivity index (χ2n) is 5.89. The lowest BCUT2D eigenvalue weighted by Gasteiger charge is -2.33. The molecule has 1 aromatic carbocycles. The standard InChI is InChI=1S/C18H27N3O4/c1-15(22)21(14-18(23)19-8-5-11-24-2)17-7-4-3-6-16(17)20-9-12-25-13-10-20/h3-4,6-7H,5,8-14H2,1-2H3,(H,19,23). The van der Waals surface area contributed by atoms with Gasteiger partial charge in [-0.25, -0.2) is 0 Å². The number of methoxy groups -OCH3 is 1. The average molecular weight is 349 g/mol. The van der Waals surface area contributed by atoms with E-state index in [0.29, 0.717) is 26.4 Å². The van der Waals surface area contributed by atoms with Crippen molar-refractivity contribution >= 4 is 23.2 Å². The Hall–Kier alpha value is -2.12. The molecule has 0 aliphatic carbocycles. The predicted molar refractivity (Wildman–Crippen MR) is 97.0 cm³/mol. The predicted octanol–water partition coefficient (Wildman–Crippen LogP) is 1.03. The van der Waals surface area contributed by atoms with Gasteiger partial charge < -0.3 is 24.6 Å². The molecule has 1 aliphatic heterocycles. The highest BCUT2D eigenvalue weighted by Gasteiger charge is 2.22. The van der Waals surface area contributed by atoms with Gasteiger partial charge >= 0.3 is 0 Å². The number of carbonyl (C=O) groups is 2. The Morgan fingerprint density at radius 2 is 2.00 bits per heavy atom. The molecule has 1 aliphatic rings. The van der Waals surface area contributed by atoms with Gasteiger partial charge in [-0.1, -0.05) is 12.1 Å². The molecule has 0 atom stereocenters. The van der Waals surface area contributed by atoms with Crippen LogP contribution >= 0.6 is 0 Å². The van der Waals surface area contributed by atoms with Crippen molar-refractivity contribution in [1.29, 1.82) is 0 Å². The molecule has 2 rings (SSSR count). The molecule has 1 saturated heterocycles. The zero-order valence-electron chi connectivity index (χ0n) is 15.0. The number of hydrogen-bond donors (Lipinski definition) is 1. The summed E-state index contributed by atoms with van der Waals surface area (Å²) in [5.41, 5.74) is 1.71. The first-order valence-corrected chi connectivity index (χ1v) is 8.59. The summed E-state index contributed by atoms with van der Waals surface area (Å²) in [7, 11) is 1.63. The summed E-state index contributed by atoms with van der Waals surface area (Å²) < 4.78 is 10.4. The maximum atomic E-state index is 12.2. The Labute approximate surface area is 148 Å². The topological polar surface area (TPSA) is 71.1 Å². The number of amides is 2. The summed E-state index contributed by atoms with van der Waals surface area (Å²) in [6.07, 6.45) is 0.743. The van der Waals surface area contributed by atoms with E-state index in [1.807, 2.05) is 24.3 Å². The van der Waals surface area contributed by atoms with Crippen LogP contribution in [0.1, 0.15) is 13.3 Å². The van der Waals surface area contributed by atoms with Crippen molar-refractivity contribution in [2.45, 2.75) is 13.3 Å². The van der Waals surface area contributed by atoms with Crippen LogP contribution in [0.15, 0.2) is 24.3 Å². The lowest BCUT2D eigenvalue weighted by atomic mass is 10.2. The van der Waals surface area contributed by atoms with E-state index in [2.05, 4.69) is 10.2 Å². The zero-order valence-corrected chi connectivity index (χ0v) is 15.0. The monoisotopic (exact) mass is 349 g/mol. The fourth-order valence-corrected chi connectivity index (χ4v) is 2.77. The van der Waals surface area contributed by atoms with Crippen LogP contribution in [0.4, 0.5) is 11.4 Å². The number of para-hydroxylation sites is 2. The highest BCUT2D eigenvalue weighted by molar-refractivity contribution is 6.00. The first kappa shape index (κ1) is 19.2. The van der Waals surface area contributed by atoms with Crippen molar-refractivity contribution in [1.82, 2.24) is 5.32 Å². The van der Waals surface area contributed by atoms with Crippen LogP contribution in [-0.2, 0) is 19.1 Å². The van der Waals surface area contributed by atoms with Gasteiger partial charge in [0.1, 0.15) is 6.54 Å². The third-order valence-corrected chi connectivity index (χ3v) is 4.05. The van der Waals surface area contributed by atoms with E-state index < -0.39 is 0 Å². The molecule has 7 heteroatoms. The molecule has 0 saturated carbocycles. The summed E-state index contributed by atoms with van der Waals surface area (Å²) in [6.45, 7) is 5.47. The SMILES string of the molecule is COCCCNC(=O)CN(C(C)=O)c1ccccc1N1CCOCC1. The average Bonchev–Trinajstić information content (AvgIpc) is 2.64. The molecule has 0 spiro atoms. The van der Waals surface area contributed by atoms with Crippen molar-refractivity contribution < 1.29 is 19.1 Å². The molecular weight excluding hydrogens is 322 g/mol. The number of nitrogens with one attached hydrogen (secondary N) is 1. The Morgan fingerprint density at radius 3 is 2.68 bits per heavy atom. The third kappa shape index (κ3) is 5.72. The molecular formula is C18H27N3O4. The summed E-state index contributed by atoms with van der Waals surface area (Å²) in [6, 6.07) is 7.68. The molecule has 0 unspecified atom stereocenters. The van der Waals surface area contributed by atoms with Gasteiger partial charge in [0.15, 0.2) is 0 Å². The Morgan fingerprint density at radius 1 is 1.28 bits per heavy atom. The summed E-state index contributed by atoms with van der Waals surface area (Å²) in [4.78, 5) is 28.1. The second-order valence-corrected chi connectivity index (χ2v) is 5.89. The van der Waals surface area contributed by atoms with Crippen LogP contribution in [0.25, 0.3) is 0 Å². The minimum Gasteiger partial charge on any atom is -0.385 e. The molecule has 1 aromatic rings. The van der Waals surface area contributed by atoms with Crippen LogP contribution in [0.2, 0.25) is 0 Å². The van der Waals surface area contributed by atoms with E-state index in [4.69, 9.17) is 9.47 Å². The van der Waals surface area contributed by atoms with E-state index >= 15 is 0 Å². The van der Waals surface area contributed by atoms with Crippen LogP contribution < -0.4 is 15.1 Å². The number of benzene rings is 1. The van der Waals surface area contributed by atoms with Gasteiger partial charge in [-0.15, -0.1) is 0 Å². The number of rotatable bonds is 8. The lowest BCUT2D eigenvalue weighted by molar-refractivity contribution is -0.123. The van der Waals surface area contributed by atoms with Gasteiger partial charge in [0, 0.05) is 40.3 Å². The minimum absolute atomic E-state index is 0.00364. The van der Waals surface area contributed by atoms with Gasteiger partial charge in [0.05, 0.1) is 24.6 Å². The molecule has 1 N–H and O–H groups in total. The molecule has 2 amide bonds. The highest BCUT2D eigenvalue weighted by Crippen LogP contribution is 2.30. The molecule has 0 aromatic heterocycles. The third-order valence-electron chi connectivity index (χ3n) is 4.05. The van der Waals surface area contributed by atoms with Crippen molar-refractivity contribution in [3.63, 3.8) is 0 Å². The first-order valence-electron chi connectivity index (χ1n) is 8.59. The fraction of sp³-hybridized carbons (Fsp3) is 0.556. The van der Waals surface area contributed by atoms with Crippen molar-refractivity contribution in [2.24, 2.45) is 0 Å². The first-order chi connectivity index (χ1) is 12.1. The minimum atomic E-state index is -0.178. The number of anilines is 2. The number of carbonyl (C=O) groups excluding carboxylic acids is 2. The number of nitrogens with zero attached hydrogens (tertiary/aromatic N) is 2. The van der Waals surface area contributed by atoms with Crippen LogP contribution in [0.3, 0.4) is 0 Å². The Kier molecular flexibility index (Phi) is 7.69. The van der Waals surface area contributed by atoms with Gasteiger partial charge in [-0.3, -0.25) is 9.59 Å². The molecule has 7 nitrogen and oxygen atoms in total. The van der Waals surface area contributed by atoms with E-state index in [9.17, 15) is 9.59 Å². The number of morpholine rings is 1. The van der Waals surface area contributed by atoms with Crippen molar-refractivity contribution in [3.05, 3.63) is 24.3 Å². The fourth-order valence-electron chi connectivity index (χ4n) is 2.77. The maximum absolute atomic E-state index is 12.2. The van der Waals surface area contributed by atoms with Crippen LogP contribution in [-0.4, -0.2) is 64.9 Å². The number of hydrogen-bond acceptors (Lipinski definition) is 5. The molecule has 138 valence electrons. The van der Waals surface area contributed by atoms with Gasteiger partial charge in [0.2, 0.25) is 11.8 Å². The van der Waals surface area contributed by atoms with E-state index in [0.717, 1.165) is 30.9 Å². The largest absolute Gasteiger partial charge is 0.385 e. The molecule has 1 fully saturated rings.